The first-order valence-corrected chi connectivity index (χ1v) is 6.57. The summed E-state index contributed by atoms with van der Waals surface area (Å²) in [5, 5.41) is 1.89. The Hall–Kier alpha value is -0.608. The van der Waals surface area contributed by atoms with Gasteiger partial charge in [0, 0.05) is 0 Å². The maximum absolute atomic E-state index is 8.64. The molecule has 0 amide bonds. The Bertz CT molecular complexity index is 257. The Morgan fingerprint density at radius 3 is 2.00 bits per heavy atom. The fourth-order valence-corrected chi connectivity index (χ4v) is 0.248. The first-order chi connectivity index (χ1) is 4.50. The van der Waals surface area contributed by atoms with Gasteiger partial charge in [-0.3, -0.25) is 5.32 Å². The molecule has 6 nitrogen and oxygen atoms in total. The molecule has 10 heavy (non-hydrogen) atoms. The second-order valence-electron chi connectivity index (χ2n) is 1.21. The van der Waals surface area contributed by atoms with E-state index in [1.807, 2.05) is 11.5 Å². The molecular weight excluding hydrogens is 314 g/mol. The van der Waals surface area contributed by atoms with Crippen LogP contribution in [0.5, 0.6) is 0 Å². The molecular formula is C3H5N2O4Re. The van der Waals surface area contributed by atoms with Crippen LogP contribution in [0.15, 0.2) is 17.4 Å². The van der Waals surface area contributed by atoms with Crippen LogP contribution in [0.25, 0.3) is 0 Å². The number of hydrogen-bond donors (Lipinski definition) is 1. The Balaban J connectivity index is 0.000000162. The molecule has 1 aliphatic heterocycles. The van der Waals surface area contributed by atoms with Gasteiger partial charge < -0.3 is 0 Å². The second-order valence-corrected chi connectivity index (χ2v) is 3.93. The van der Waals surface area contributed by atoms with E-state index in [0.717, 1.165) is 0 Å². The van der Waals surface area contributed by atoms with E-state index in [-0.39, 0.29) is 0 Å². The summed E-state index contributed by atoms with van der Waals surface area (Å²) in [6, 6.07) is 0. The molecule has 7 heteroatoms. The van der Waals surface area contributed by atoms with E-state index in [4.69, 9.17) is 14.2 Å². The fourth-order valence-electron chi connectivity index (χ4n) is 0.248. The summed E-state index contributed by atoms with van der Waals surface area (Å²) in [5.41, 5.74) is 0. The Morgan fingerprint density at radius 2 is 1.90 bits per heavy atom. The van der Waals surface area contributed by atoms with E-state index < -0.39 is 15.8 Å². The van der Waals surface area contributed by atoms with Crippen molar-refractivity contribution in [3.63, 3.8) is 0 Å². The Kier molecular flexibility index (Phi) is 3.99. The van der Waals surface area contributed by atoms with Gasteiger partial charge in [0.15, 0.2) is 6.34 Å². The van der Waals surface area contributed by atoms with E-state index in [1.54, 1.807) is 12.5 Å². The molecule has 0 atom stereocenters. The number of rotatable bonds is 0. The predicted octanol–water partition coefficient (Wildman–Crippen LogP) is -2.48. The van der Waals surface area contributed by atoms with Crippen LogP contribution >= 0.6 is 0 Å². The van der Waals surface area contributed by atoms with E-state index in [0.29, 0.717) is 0 Å². The normalized spacial score (nSPS) is 14.5. The minimum atomic E-state index is -6.11. The molecule has 0 bridgehead atoms. The molecule has 0 fully saturated rings. The number of nitrogens with zero attached hydrogens (tertiary/aromatic N) is 1. The van der Waals surface area contributed by atoms with Crippen LogP contribution < -0.4 is 9.15 Å². The average Bonchev–Trinajstić information content (AvgIpc) is 2.07. The summed E-state index contributed by atoms with van der Waals surface area (Å²) in [6.45, 7) is 0. The van der Waals surface area contributed by atoms with Crippen LogP contribution in [-0.4, -0.2) is 6.34 Å². The molecule has 0 aromatic rings. The van der Waals surface area contributed by atoms with Gasteiger partial charge in [0.25, 0.3) is 0 Å². The molecule has 1 rings (SSSR count). The zero-order chi connectivity index (χ0) is 8.04. The SMILES string of the molecule is C1=C[NH2+]C=N1.[O]=[Re](=[O])(=[O])[O-]. The third-order valence-electron chi connectivity index (χ3n) is 0.455. The van der Waals surface area contributed by atoms with Gasteiger partial charge in [-0.25, -0.2) is 4.99 Å². The molecule has 0 aliphatic carbocycles. The second kappa shape index (κ2) is 4.25. The van der Waals surface area contributed by atoms with Crippen molar-refractivity contribution in [2.45, 2.75) is 0 Å². The van der Waals surface area contributed by atoms with Gasteiger partial charge in [0.05, 0.1) is 6.20 Å². The molecule has 1 aliphatic rings. The van der Waals surface area contributed by atoms with Crippen molar-refractivity contribution in [2.24, 2.45) is 4.99 Å². The topological polar surface area (TPSA) is 103 Å². The Morgan fingerprint density at radius 1 is 1.40 bits per heavy atom. The van der Waals surface area contributed by atoms with Crippen LogP contribution in [0.2, 0.25) is 0 Å². The van der Waals surface area contributed by atoms with Gasteiger partial charge in [0.1, 0.15) is 6.20 Å². The van der Waals surface area contributed by atoms with Gasteiger partial charge in [0.2, 0.25) is 0 Å². The quantitative estimate of drug-likeness (QED) is 0.534. The molecule has 0 radical (unpaired) electrons. The monoisotopic (exact) mass is 320 g/mol. The summed E-state index contributed by atoms with van der Waals surface area (Å²) < 4.78 is 34.6. The first kappa shape index (κ1) is 9.39. The zero-order valence-electron chi connectivity index (χ0n) is 4.77. The van der Waals surface area contributed by atoms with Crippen LogP contribution in [0.1, 0.15) is 0 Å². The van der Waals surface area contributed by atoms with E-state index in [1.165, 1.54) is 0 Å². The predicted molar refractivity (Wildman–Crippen MR) is 21.6 cm³/mol. The van der Waals surface area contributed by atoms with Crippen molar-refractivity contribution in [2.75, 3.05) is 0 Å². The van der Waals surface area contributed by atoms with Gasteiger partial charge in [-0.1, -0.05) is 0 Å². The van der Waals surface area contributed by atoms with Gasteiger partial charge in [-0.15, -0.1) is 0 Å². The third-order valence-corrected chi connectivity index (χ3v) is 0.455. The molecule has 0 saturated heterocycles. The summed E-state index contributed by atoms with van der Waals surface area (Å²) in [7, 11) is 0. The summed E-state index contributed by atoms with van der Waals surface area (Å²) in [5.74, 6) is 0. The van der Waals surface area contributed by atoms with Crippen LogP contribution in [0, 0.1) is 0 Å². The van der Waals surface area contributed by atoms with Crippen molar-refractivity contribution < 1.29 is 35.3 Å². The van der Waals surface area contributed by atoms with Crippen LogP contribution in [-0.2, 0) is 26.2 Å². The molecule has 0 saturated carbocycles. The van der Waals surface area contributed by atoms with Gasteiger partial charge >= 0.3 is 30.0 Å². The summed E-state index contributed by atoms with van der Waals surface area (Å²) in [4.78, 5) is 3.72. The molecule has 1 heterocycles. The molecule has 0 aromatic heterocycles. The van der Waals surface area contributed by atoms with E-state index in [9.17, 15) is 0 Å². The van der Waals surface area contributed by atoms with Crippen molar-refractivity contribution in [1.29, 1.82) is 0 Å². The number of quaternary nitrogens is 1. The molecule has 0 aromatic carbocycles. The van der Waals surface area contributed by atoms with Crippen molar-refractivity contribution >= 4 is 6.34 Å². The number of nitrogens with two attached hydrogens (primary N) is 1. The molecule has 0 spiro atoms. The van der Waals surface area contributed by atoms with Crippen LogP contribution in [0.3, 0.4) is 0 Å². The summed E-state index contributed by atoms with van der Waals surface area (Å²) in [6.07, 6.45) is 5.39. The molecule has 0 unspecified atom stereocenters. The molecule has 58 valence electrons. The van der Waals surface area contributed by atoms with Crippen LogP contribution in [0.4, 0.5) is 0 Å². The summed E-state index contributed by atoms with van der Waals surface area (Å²) >= 11 is -6.11. The fraction of sp³-hybridized carbons (Fsp3) is 0. The number of hydrogen-bond acceptors (Lipinski definition) is 5. The Labute approximate surface area is 59.6 Å². The van der Waals surface area contributed by atoms with E-state index in [2.05, 4.69) is 4.99 Å². The van der Waals surface area contributed by atoms with E-state index >= 15 is 0 Å². The first-order valence-electron chi connectivity index (χ1n) is 2.13. The number of aliphatic imine (C=N–C) groups is 1. The van der Waals surface area contributed by atoms with Gasteiger partial charge in [-0.2, -0.15) is 0 Å². The van der Waals surface area contributed by atoms with Crippen molar-refractivity contribution in [3.05, 3.63) is 12.4 Å². The standard InChI is InChI=1S/C3H4N2.4O.Re/c1-2-5-3-4-1;;;;;/h1-3H,(H,4,5);;;;;/q;;;;-1;/p+1. The zero-order valence-corrected chi connectivity index (χ0v) is 7.48. The third kappa shape index (κ3) is 15.7. The maximum atomic E-state index is 8.64. The average molecular weight is 319 g/mol. The molecule has 2 N–H and O–H groups in total. The minimum absolute atomic E-state index is 1.75. The van der Waals surface area contributed by atoms with Crippen molar-refractivity contribution in [1.82, 2.24) is 0 Å². The van der Waals surface area contributed by atoms with Crippen molar-refractivity contribution in [3.8, 4) is 0 Å². The van der Waals surface area contributed by atoms with Gasteiger partial charge in [-0.05, 0) is 0 Å².